The molecule has 1 saturated carbocycles. The number of benzene rings is 1. The summed E-state index contributed by atoms with van der Waals surface area (Å²) < 4.78 is 54.1. The molecule has 21 heavy (non-hydrogen) atoms. The summed E-state index contributed by atoms with van der Waals surface area (Å²) in [5.74, 6) is -1.07. The second kappa shape index (κ2) is 6.30. The molecule has 0 saturated heterocycles. The van der Waals surface area contributed by atoms with Gasteiger partial charge in [-0.1, -0.05) is 13.8 Å². The van der Waals surface area contributed by atoms with Crippen LogP contribution in [0.5, 0.6) is 0 Å². The molecule has 0 aromatic heterocycles. The fourth-order valence-corrected chi connectivity index (χ4v) is 5.54. The Hall–Kier alpha value is -0.530. The van der Waals surface area contributed by atoms with Crippen LogP contribution in [0.25, 0.3) is 0 Å². The first-order valence-electron chi connectivity index (χ1n) is 6.86. The van der Waals surface area contributed by atoms with Gasteiger partial charge in [-0.05, 0) is 53.1 Å². The molecule has 1 aliphatic carbocycles. The van der Waals surface area contributed by atoms with E-state index in [9.17, 15) is 17.2 Å². The summed E-state index contributed by atoms with van der Waals surface area (Å²) in [6.45, 7) is 4.15. The Labute approximate surface area is 132 Å². The lowest BCUT2D eigenvalue weighted by molar-refractivity contribution is 0.257. The van der Waals surface area contributed by atoms with Crippen LogP contribution in [-0.4, -0.2) is 14.5 Å². The Balaban J connectivity index is 2.27. The molecule has 0 bridgehead atoms. The number of rotatable bonds is 3. The Morgan fingerprint density at radius 1 is 1.14 bits per heavy atom. The van der Waals surface area contributed by atoms with Crippen molar-refractivity contribution < 1.29 is 17.2 Å². The highest BCUT2D eigenvalue weighted by molar-refractivity contribution is 9.10. The van der Waals surface area contributed by atoms with Crippen LogP contribution in [0.2, 0.25) is 0 Å². The first-order chi connectivity index (χ1) is 9.69. The third-order valence-corrected chi connectivity index (χ3v) is 6.22. The zero-order chi connectivity index (χ0) is 15.8. The first-order valence-corrected chi connectivity index (χ1v) is 9.13. The van der Waals surface area contributed by atoms with Gasteiger partial charge in [0.15, 0.2) is 0 Å². The van der Waals surface area contributed by atoms with Crippen LogP contribution in [0.1, 0.15) is 33.1 Å². The summed E-state index contributed by atoms with van der Waals surface area (Å²) in [5, 5.41) is 0. The van der Waals surface area contributed by atoms with E-state index in [4.69, 9.17) is 0 Å². The lowest BCUT2D eigenvalue weighted by Crippen LogP contribution is -2.40. The maximum absolute atomic E-state index is 13.8. The van der Waals surface area contributed by atoms with E-state index in [1.807, 2.05) is 0 Å². The summed E-state index contributed by atoms with van der Waals surface area (Å²) in [6.07, 6.45) is 2.51. The smallest absolute Gasteiger partial charge is 0.208 e. The number of nitrogens with one attached hydrogen (secondary N) is 1. The van der Waals surface area contributed by atoms with Gasteiger partial charge >= 0.3 is 0 Å². The molecule has 1 aromatic carbocycles. The molecule has 1 N–H and O–H groups in total. The van der Waals surface area contributed by atoms with E-state index in [0.717, 1.165) is 25.3 Å². The van der Waals surface area contributed by atoms with Gasteiger partial charge in [-0.15, -0.1) is 0 Å². The zero-order valence-corrected chi connectivity index (χ0v) is 14.3. The van der Waals surface area contributed by atoms with E-state index in [1.54, 1.807) is 0 Å². The molecule has 0 aliphatic heterocycles. The van der Waals surface area contributed by atoms with Gasteiger partial charge < -0.3 is 0 Å². The quantitative estimate of drug-likeness (QED) is 0.864. The van der Waals surface area contributed by atoms with Crippen LogP contribution in [0.15, 0.2) is 21.5 Å². The lowest BCUT2D eigenvalue weighted by atomic mass is 9.81. The second-order valence-electron chi connectivity index (χ2n) is 5.93. The maximum Gasteiger partial charge on any atom is 0.244 e. The van der Waals surface area contributed by atoms with Crippen molar-refractivity contribution in [3.63, 3.8) is 0 Å². The second-order valence-corrected chi connectivity index (χ2v) is 8.44. The van der Waals surface area contributed by atoms with E-state index < -0.39 is 26.6 Å². The number of hydrogen-bond acceptors (Lipinski definition) is 2. The van der Waals surface area contributed by atoms with Crippen LogP contribution >= 0.6 is 15.9 Å². The zero-order valence-electron chi connectivity index (χ0n) is 11.9. The van der Waals surface area contributed by atoms with Gasteiger partial charge in [-0.2, -0.15) is 0 Å². The molecule has 0 heterocycles. The largest absolute Gasteiger partial charge is 0.244 e. The van der Waals surface area contributed by atoms with Gasteiger partial charge in [-0.3, -0.25) is 0 Å². The van der Waals surface area contributed by atoms with Crippen LogP contribution < -0.4 is 4.72 Å². The molecular weight excluding hydrogens is 364 g/mol. The SMILES string of the molecule is CC1CC(C)CC(NS(=O)(=O)c2c(F)cc(F)cc2Br)C1. The average molecular weight is 382 g/mol. The molecule has 2 unspecified atom stereocenters. The number of halogens is 3. The number of sulfonamides is 1. The molecule has 2 rings (SSSR count). The standard InChI is InChI=1S/C14H18BrF2NO2S/c1-8-3-9(2)5-11(4-8)18-21(19,20)14-12(15)6-10(16)7-13(14)17/h6-9,11,18H,3-5H2,1-2H3. The molecule has 0 amide bonds. The van der Waals surface area contributed by atoms with E-state index in [-0.39, 0.29) is 10.5 Å². The van der Waals surface area contributed by atoms with Crippen molar-refractivity contribution in [1.29, 1.82) is 0 Å². The van der Waals surface area contributed by atoms with Crippen LogP contribution in [0, 0.1) is 23.5 Å². The van der Waals surface area contributed by atoms with Gasteiger partial charge in [0.2, 0.25) is 10.0 Å². The minimum absolute atomic E-state index is 0.107. The normalized spacial score (nSPS) is 26.8. The third-order valence-electron chi connectivity index (χ3n) is 3.73. The van der Waals surface area contributed by atoms with Crippen molar-refractivity contribution in [2.24, 2.45) is 11.8 Å². The topological polar surface area (TPSA) is 46.2 Å². The molecule has 2 atom stereocenters. The van der Waals surface area contributed by atoms with Gasteiger partial charge in [-0.25, -0.2) is 21.9 Å². The molecule has 0 spiro atoms. The van der Waals surface area contributed by atoms with Gasteiger partial charge in [0.1, 0.15) is 16.5 Å². The van der Waals surface area contributed by atoms with Gasteiger partial charge in [0, 0.05) is 16.6 Å². The molecular formula is C14H18BrF2NO2S. The summed E-state index contributed by atoms with van der Waals surface area (Å²) in [7, 11) is -4.02. The molecule has 7 heteroatoms. The van der Waals surface area contributed by atoms with Crippen LogP contribution in [0.4, 0.5) is 8.78 Å². The fourth-order valence-electron chi connectivity index (χ4n) is 3.11. The average Bonchev–Trinajstić information content (AvgIpc) is 2.23. The van der Waals surface area contributed by atoms with Crippen molar-refractivity contribution in [2.45, 2.75) is 44.0 Å². The summed E-state index contributed by atoms with van der Waals surface area (Å²) in [4.78, 5) is -0.533. The Morgan fingerprint density at radius 3 is 2.24 bits per heavy atom. The minimum atomic E-state index is -4.02. The highest BCUT2D eigenvalue weighted by atomic mass is 79.9. The third kappa shape index (κ3) is 4.02. The summed E-state index contributed by atoms with van der Waals surface area (Å²) in [6, 6.07) is 1.31. The lowest BCUT2D eigenvalue weighted by Gasteiger charge is -2.31. The Kier molecular flexibility index (Phi) is 5.05. The predicted octanol–water partition coefficient (Wildman–Crippen LogP) is 3.83. The molecule has 1 aromatic rings. The van der Waals surface area contributed by atoms with E-state index in [1.165, 1.54) is 0 Å². The summed E-state index contributed by atoms with van der Waals surface area (Å²) >= 11 is 2.92. The van der Waals surface area contributed by atoms with Crippen molar-refractivity contribution in [2.75, 3.05) is 0 Å². The van der Waals surface area contributed by atoms with Crippen molar-refractivity contribution in [3.05, 3.63) is 28.2 Å². The number of hydrogen-bond donors (Lipinski definition) is 1. The molecule has 1 fully saturated rings. The predicted molar refractivity (Wildman–Crippen MR) is 80.3 cm³/mol. The monoisotopic (exact) mass is 381 g/mol. The Morgan fingerprint density at radius 2 is 1.71 bits per heavy atom. The minimum Gasteiger partial charge on any atom is -0.208 e. The maximum atomic E-state index is 13.8. The molecule has 0 radical (unpaired) electrons. The first kappa shape index (κ1) is 16.8. The van der Waals surface area contributed by atoms with Gasteiger partial charge in [0.25, 0.3) is 0 Å². The van der Waals surface area contributed by atoms with Crippen LogP contribution in [-0.2, 0) is 10.0 Å². The van der Waals surface area contributed by atoms with Crippen molar-refractivity contribution in [1.82, 2.24) is 4.72 Å². The van der Waals surface area contributed by atoms with Crippen molar-refractivity contribution >= 4 is 26.0 Å². The molecule has 1 aliphatic rings. The highest BCUT2D eigenvalue weighted by Gasteiger charge is 2.30. The van der Waals surface area contributed by atoms with Crippen LogP contribution in [0.3, 0.4) is 0 Å². The highest BCUT2D eigenvalue weighted by Crippen LogP contribution is 2.31. The van der Waals surface area contributed by atoms with Gasteiger partial charge in [0.05, 0.1) is 0 Å². The molecule has 3 nitrogen and oxygen atoms in total. The summed E-state index contributed by atoms with van der Waals surface area (Å²) in [5.41, 5.74) is 0. The van der Waals surface area contributed by atoms with E-state index in [0.29, 0.717) is 17.9 Å². The molecule has 118 valence electrons. The van der Waals surface area contributed by atoms with E-state index >= 15 is 0 Å². The van der Waals surface area contributed by atoms with Crippen molar-refractivity contribution in [3.8, 4) is 0 Å². The van der Waals surface area contributed by atoms with E-state index in [2.05, 4.69) is 34.5 Å². The Bertz CT molecular complexity index is 603. The fraction of sp³-hybridized carbons (Fsp3) is 0.571.